The van der Waals surface area contributed by atoms with E-state index >= 15 is 0 Å². The zero-order valence-corrected chi connectivity index (χ0v) is 11.2. The largest absolute Gasteiger partial charge is 0.480 e. The third-order valence-electron chi connectivity index (χ3n) is 2.80. The molecule has 0 aliphatic carbocycles. The van der Waals surface area contributed by atoms with E-state index in [1.54, 1.807) is 11.8 Å². The van der Waals surface area contributed by atoms with Crippen LogP contribution in [-0.2, 0) is 9.59 Å². The van der Waals surface area contributed by atoms with Gasteiger partial charge in [0.1, 0.15) is 6.04 Å². The van der Waals surface area contributed by atoms with Gasteiger partial charge in [-0.2, -0.15) is 11.8 Å². The maximum atomic E-state index is 11.9. The Hall–Kier alpha value is -0.790. The van der Waals surface area contributed by atoms with E-state index in [9.17, 15) is 9.59 Å². The summed E-state index contributed by atoms with van der Waals surface area (Å²) in [4.78, 5) is 22.9. The molecule has 5 N–H and O–H groups in total. The minimum atomic E-state index is -0.983. The molecule has 0 aromatic rings. The summed E-state index contributed by atoms with van der Waals surface area (Å²) < 4.78 is 0. The predicted octanol–water partition coefficient (Wildman–Crippen LogP) is -0.610. The number of carbonyl (C=O) groups is 2. The molecule has 1 amide bonds. The van der Waals surface area contributed by atoms with Crippen molar-refractivity contribution in [1.29, 1.82) is 0 Å². The summed E-state index contributed by atoms with van der Waals surface area (Å²) in [5, 5.41) is 14.7. The van der Waals surface area contributed by atoms with Crippen molar-refractivity contribution in [2.24, 2.45) is 5.73 Å². The number of carboxylic acids is 1. The van der Waals surface area contributed by atoms with Crippen LogP contribution in [0.15, 0.2) is 0 Å². The van der Waals surface area contributed by atoms with Crippen molar-refractivity contribution in [3.05, 3.63) is 0 Å². The van der Waals surface area contributed by atoms with E-state index in [-0.39, 0.29) is 11.9 Å². The lowest BCUT2D eigenvalue weighted by Crippen LogP contribution is -2.53. The van der Waals surface area contributed by atoms with Gasteiger partial charge in [-0.25, -0.2) is 4.79 Å². The number of hydrogen-bond donors (Lipinski definition) is 4. The minimum absolute atomic E-state index is 0.220. The SMILES string of the molecule is NCCCC[C@H](NC(=O)C1CSCCN1)C(=O)O. The lowest BCUT2D eigenvalue weighted by Gasteiger charge is -2.24. The maximum Gasteiger partial charge on any atom is 0.326 e. The molecule has 0 aromatic carbocycles. The molecule has 0 aromatic heterocycles. The number of unbranched alkanes of at least 4 members (excludes halogenated alkanes) is 1. The van der Waals surface area contributed by atoms with E-state index < -0.39 is 12.0 Å². The van der Waals surface area contributed by atoms with E-state index in [0.717, 1.165) is 18.7 Å². The van der Waals surface area contributed by atoms with Crippen LogP contribution < -0.4 is 16.4 Å². The monoisotopic (exact) mass is 275 g/mol. The average Bonchev–Trinajstić information content (AvgIpc) is 2.38. The molecule has 1 fully saturated rings. The van der Waals surface area contributed by atoms with Crippen LogP contribution in [-0.4, -0.2) is 53.7 Å². The molecular formula is C11H21N3O3S. The predicted molar refractivity (Wildman–Crippen MR) is 71.6 cm³/mol. The maximum absolute atomic E-state index is 11.9. The van der Waals surface area contributed by atoms with Crippen molar-refractivity contribution < 1.29 is 14.7 Å². The highest BCUT2D eigenvalue weighted by molar-refractivity contribution is 7.99. The molecule has 1 aliphatic heterocycles. The smallest absolute Gasteiger partial charge is 0.326 e. The highest BCUT2D eigenvalue weighted by Gasteiger charge is 2.25. The molecule has 1 rings (SSSR count). The van der Waals surface area contributed by atoms with Crippen molar-refractivity contribution in [3.63, 3.8) is 0 Å². The van der Waals surface area contributed by atoms with Gasteiger partial charge < -0.3 is 21.5 Å². The molecule has 1 heterocycles. The van der Waals surface area contributed by atoms with Crippen molar-refractivity contribution in [2.45, 2.75) is 31.3 Å². The zero-order chi connectivity index (χ0) is 13.4. The second kappa shape index (κ2) is 8.34. The fraction of sp³-hybridized carbons (Fsp3) is 0.818. The van der Waals surface area contributed by atoms with Crippen molar-refractivity contribution >= 4 is 23.6 Å². The Bertz CT molecular complexity index is 283. The van der Waals surface area contributed by atoms with Crippen LogP contribution in [0.2, 0.25) is 0 Å². The van der Waals surface area contributed by atoms with Crippen LogP contribution >= 0.6 is 11.8 Å². The van der Waals surface area contributed by atoms with Crippen LogP contribution in [0.25, 0.3) is 0 Å². The number of nitrogens with two attached hydrogens (primary N) is 1. The summed E-state index contributed by atoms with van der Waals surface area (Å²) in [6, 6.07) is -1.09. The van der Waals surface area contributed by atoms with Gasteiger partial charge >= 0.3 is 5.97 Å². The first-order chi connectivity index (χ1) is 8.65. The Labute approximate surface area is 111 Å². The van der Waals surface area contributed by atoms with E-state index in [4.69, 9.17) is 10.8 Å². The molecule has 18 heavy (non-hydrogen) atoms. The molecule has 1 unspecified atom stereocenters. The number of carboxylic acid groups (broad SMARTS) is 1. The fourth-order valence-electron chi connectivity index (χ4n) is 1.76. The van der Waals surface area contributed by atoms with Gasteiger partial charge in [0.2, 0.25) is 5.91 Å². The van der Waals surface area contributed by atoms with E-state index in [2.05, 4.69) is 10.6 Å². The lowest BCUT2D eigenvalue weighted by molar-refractivity contribution is -0.142. The number of carbonyl (C=O) groups excluding carboxylic acids is 1. The summed E-state index contributed by atoms with van der Waals surface area (Å²) in [5.74, 6) is 0.482. The molecule has 0 radical (unpaired) electrons. The van der Waals surface area contributed by atoms with E-state index in [0.29, 0.717) is 25.1 Å². The highest BCUT2D eigenvalue weighted by Crippen LogP contribution is 2.08. The highest BCUT2D eigenvalue weighted by atomic mass is 32.2. The summed E-state index contributed by atoms with van der Waals surface area (Å²) in [7, 11) is 0. The normalized spacial score (nSPS) is 21.3. The molecule has 2 atom stereocenters. The molecule has 0 spiro atoms. The molecule has 1 saturated heterocycles. The second-order valence-corrected chi connectivity index (χ2v) is 5.42. The Kier molecular flexibility index (Phi) is 7.07. The second-order valence-electron chi connectivity index (χ2n) is 4.27. The first-order valence-electron chi connectivity index (χ1n) is 6.19. The van der Waals surface area contributed by atoms with Gasteiger partial charge in [0.05, 0.1) is 6.04 Å². The number of thioether (sulfide) groups is 1. The molecule has 104 valence electrons. The van der Waals surface area contributed by atoms with E-state index in [1.165, 1.54) is 0 Å². The van der Waals surface area contributed by atoms with Crippen molar-refractivity contribution in [2.75, 3.05) is 24.6 Å². The lowest BCUT2D eigenvalue weighted by atomic mass is 10.1. The summed E-state index contributed by atoms with van der Waals surface area (Å²) >= 11 is 1.70. The Morgan fingerprint density at radius 3 is 2.83 bits per heavy atom. The van der Waals surface area contributed by atoms with Gasteiger partial charge in [-0.3, -0.25) is 4.79 Å². The van der Waals surface area contributed by atoms with Gasteiger partial charge in [-0.1, -0.05) is 0 Å². The Morgan fingerprint density at radius 1 is 1.50 bits per heavy atom. The molecule has 7 heteroatoms. The van der Waals surface area contributed by atoms with Gasteiger partial charge in [0, 0.05) is 18.1 Å². The summed E-state index contributed by atoms with van der Waals surface area (Å²) in [6.45, 7) is 1.33. The molecule has 6 nitrogen and oxygen atoms in total. The van der Waals surface area contributed by atoms with Crippen LogP contribution in [0, 0.1) is 0 Å². The van der Waals surface area contributed by atoms with Gasteiger partial charge in [0.25, 0.3) is 0 Å². The quantitative estimate of drug-likeness (QED) is 0.462. The van der Waals surface area contributed by atoms with Crippen LogP contribution in [0.3, 0.4) is 0 Å². The zero-order valence-electron chi connectivity index (χ0n) is 10.4. The third-order valence-corrected chi connectivity index (χ3v) is 3.86. The molecule has 0 bridgehead atoms. The molecule has 0 saturated carbocycles. The van der Waals surface area contributed by atoms with Crippen LogP contribution in [0.4, 0.5) is 0 Å². The number of hydrogen-bond acceptors (Lipinski definition) is 5. The van der Waals surface area contributed by atoms with Gasteiger partial charge in [-0.15, -0.1) is 0 Å². The average molecular weight is 275 g/mol. The Morgan fingerprint density at radius 2 is 2.28 bits per heavy atom. The first-order valence-corrected chi connectivity index (χ1v) is 7.35. The minimum Gasteiger partial charge on any atom is -0.480 e. The number of amides is 1. The Balaban J connectivity index is 2.38. The van der Waals surface area contributed by atoms with Crippen molar-refractivity contribution in [3.8, 4) is 0 Å². The third kappa shape index (κ3) is 5.24. The number of aliphatic carboxylic acids is 1. The standard InChI is InChI=1S/C11H21N3O3S/c12-4-2-1-3-8(11(16)17)14-10(15)9-7-18-6-5-13-9/h8-9,13H,1-7,12H2,(H,14,15)(H,16,17)/t8-,9?/m0/s1. The summed E-state index contributed by atoms with van der Waals surface area (Å²) in [5.41, 5.74) is 5.36. The van der Waals surface area contributed by atoms with Gasteiger partial charge in [0.15, 0.2) is 0 Å². The van der Waals surface area contributed by atoms with E-state index in [1.807, 2.05) is 0 Å². The van der Waals surface area contributed by atoms with Crippen molar-refractivity contribution in [1.82, 2.24) is 10.6 Å². The topological polar surface area (TPSA) is 104 Å². The van der Waals surface area contributed by atoms with Crippen LogP contribution in [0.1, 0.15) is 19.3 Å². The van der Waals surface area contributed by atoms with Crippen LogP contribution in [0.5, 0.6) is 0 Å². The number of rotatable bonds is 7. The summed E-state index contributed by atoms with van der Waals surface area (Å²) in [6.07, 6.45) is 1.91. The number of nitrogens with one attached hydrogen (secondary N) is 2. The molecule has 1 aliphatic rings. The fourth-order valence-corrected chi connectivity index (χ4v) is 2.69. The first kappa shape index (κ1) is 15.3. The molecular weight excluding hydrogens is 254 g/mol. The van der Waals surface area contributed by atoms with Gasteiger partial charge in [-0.05, 0) is 25.8 Å².